The lowest BCUT2D eigenvalue weighted by molar-refractivity contribution is -0.118. The highest BCUT2D eigenvalue weighted by atomic mass is 35.5. The molecule has 0 saturated carbocycles. The van der Waals surface area contributed by atoms with Crippen molar-refractivity contribution >= 4 is 63.2 Å². The third-order valence-electron chi connectivity index (χ3n) is 4.12. The van der Waals surface area contributed by atoms with Crippen LogP contribution in [0.15, 0.2) is 36.5 Å². The predicted molar refractivity (Wildman–Crippen MR) is 108 cm³/mol. The van der Waals surface area contributed by atoms with Gasteiger partial charge in [-0.1, -0.05) is 52.5 Å². The second-order valence-electron chi connectivity index (χ2n) is 6.00. The van der Waals surface area contributed by atoms with E-state index in [-0.39, 0.29) is 6.42 Å². The van der Waals surface area contributed by atoms with Crippen molar-refractivity contribution in [2.75, 3.05) is 0 Å². The topological polar surface area (TPSA) is 74.0 Å². The first-order valence-electron chi connectivity index (χ1n) is 7.72. The highest BCUT2D eigenvalue weighted by molar-refractivity contribution is 6.42. The lowest BCUT2D eigenvalue weighted by atomic mass is 10.0. The molecule has 136 valence electrons. The molecule has 4 nitrogen and oxygen atoms in total. The van der Waals surface area contributed by atoms with Gasteiger partial charge in [-0.05, 0) is 35.4 Å². The Kier molecular flexibility index (Phi) is 5.70. The Labute approximate surface area is 170 Å². The molecule has 0 fully saturated rings. The number of carbonyl (C=O) groups is 1. The molecule has 26 heavy (non-hydrogen) atoms. The number of hydrogen-bond donors (Lipinski definition) is 2. The lowest BCUT2D eigenvalue weighted by Crippen LogP contribution is -2.25. The first kappa shape index (κ1) is 19.3. The van der Waals surface area contributed by atoms with Crippen molar-refractivity contribution in [2.45, 2.75) is 19.0 Å². The van der Waals surface area contributed by atoms with Gasteiger partial charge in [-0.25, -0.2) is 0 Å². The van der Waals surface area contributed by atoms with Crippen LogP contribution in [0.1, 0.15) is 23.7 Å². The Morgan fingerprint density at radius 2 is 1.69 bits per heavy atom. The summed E-state index contributed by atoms with van der Waals surface area (Å²) in [6.07, 6.45) is 1.81. The van der Waals surface area contributed by atoms with Crippen molar-refractivity contribution in [1.29, 1.82) is 0 Å². The van der Waals surface area contributed by atoms with Gasteiger partial charge in [-0.15, -0.1) is 0 Å². The average molecular weight is 431 g/mol. The fourth-order valence-electron chi connectivity index (χ4n) is 2.90. The van der Waals surface area contributed by atoms with E-state index in [9.17, 15) is 4.79 Å². The van der Waals surface area contributed by atoms with Gasteiger partial charge in [0.2, 0.25) is 5.91 Å². The summed E-state index contributed by atoms with van der Waals surface area (Å²) in [4.78, 5) is 11.3. The molecule has 2 aromatic carbocycles. The molecule has 4 N–H and O–H groups in total. The van der Waals surface area contributed by atoms with E-state index in [0.717, 1.165) is 22.0 Å². The van der Waals surface area contributed by atoms with Gasteiger partial charge in [0, 0.05) is 28.0 Å². The molecule has 0 aliphatic heterocycles. The Morgan fingerprint density at radius 1 is 1.00 bits per heavy atom. The third kappa shape index (κ3) is 3.95. The second kappa shape index (κ2) is 7.67. The Hall–Kier alpha value is -1.43. The summed E-state index contributed by atoms with van der Waals surface area (Å²) >= 11 is 24.6. The molecule has 0 aliphatic rings. The van der Waals surface area contributed by atoms with Crippen molar-refractivity contribution < 1.29 is 4.79 Å². The molecular weight excluding hydrogens is 416 g/mol. The normalized spacial score (nSPS) is 12.5. The van der Waals surface area contributed by atoms with Crippen LogP contribution in [0.5, 0.6) is 0 Å². The fourth-order valence-corrected chi connectivity index (χ4v) is 3.70. The first-order valence-corrected chi connectivity index (χ1v) is 9.23. The van der Waals surface area contributed by atoms with Gasteiger partial charge in [0.1, 0.15) is 0 Å². The van der Waals surface area contributed by atoms with Crippen molar-refractivity contribution in [3.63, 3.8) is 0 Å². The van der Waals surface area contributed by atoms with E-state index < -0.39 is 12.1 Å². The zero-order valence-electron chi connectivity index (χ0n) is 13.5. The smallest absolute Gasteiger partial charge is 0.220 e. The molecule has 3 rings (SSSR count). The Morgan fingerprint density at radius 3 is 2.35 bits per heavy atom. The molecule has 0 spiro atoms. The summed E-state index contributed by atoms with van der Waals surface area (Å²) in [7, 11) is 0. The molecule has 0 aliphatic carbocycles. The molecule has 3 aromatic rings. The van der Waals surface area contributed by atoms with Gasteiger partial charge in [-0.2, -0.15) is 0 Å². The summed E-state index contributed by atoms with van der Waals surface area (Å²) in [6.45, 7) is 0. The molecule has 1 unspecified atom stereocenters. The minimum atomic E-state index is -0.610. The number of fused-ring (bicyclic) bond motifs is 1. The minimum absolute atomic E-state index is 0.00513. The third-order valence-corrected chi connectivity index (χ3v) is 5.43. The average Bonchev–Trinajstić information content (AvgIpc) is 2.88. The fraction of sp³-hybridized carbons (Fsp3) is 0.167. The van der Waals surface area contributed by atoms with Crippen LogP contribution < -0.4 is 11.5 Å². The molecule has 1 aromatic heterocycles. The number of rotatable bonds is 5. The number of benzene rings is 2. The van der Waals surface area contributed by atoms with Gasteiger partial charge in [0.05, 0.1) is 28.1 Å². The molecule has 0 bridgehead atoms. The van der Waals surface area contributed by atoms with Crippen LogP contribution in [0.2, 0.25) is 20.1 Å². The molecule has 1 amide bonds. The zero-order chi connectivity index (χ0) is 19.0. The van der Waals surface area contributed by atoms with Crippen molar-refractivity contribution in [1.82, 2.24) is 4.57 Å². The quantitative estimate of drug-likeness (QED) is 0.585. The highest BCUT2D eigenvalue weighted by Gasteiger charge is 2.17. The Bertz CT molecular complexity index is 1000. The maximum Gasteiger partial charge on any atom is 0.220 e. The van der Waals surface area contributed by atoms with Crippen LogP contribution in [0, 0.1) is 0 Å². The second-order valence-corrected chi connectivity index (χ2v) is 7.65. The monoisotopic (exact) mass is 429 g/mol. The number of amides is 1. The number of nitrogens with zero attached hydrogens (tertiary/aromatic N) is 1. The van der Waals surface area contributed by atoms with Crippen LogP contribution in [0.4, 0.5) is 0 Å². The van der Waals surface area contributed by atoms with Crippen molar-refractivity contribution in [2.24, 2.45) is 11.5 Å². The van der Waals surface area contributed by atoms with E-state index in [4.69, 9.17) is 57.9 Å². The number of carbonyl (C=O) groups excluding carboxylic acids is 1. The predicted octanol–water partition coefficient (Wildman–Crippen LogP) is 5.18. The first-order chi connectivity index (χ1) is 12.3. The number of hydrogen-bond acceptors (Lipinski definition) is 2. The Balaban J connectivity index is 2.12. The zero-order valence-corrected chi connectivity index (χ0v) is 16.5. The van der Waals surface area contributed by atoms with Crippen LogP contribution in [-0.2, 0) is 11.2 Å². The summed E-state index contributed by atoms with van der Waals surface area (Å²) in [6, 6.07) is 8.86. The number of primary amides is 1. The van der Waals surface area contributed by atoms with Gasteiger partial charge < -0.3 is 16.0 Å². The molecule has 0 radical (unpaired) electrons. The largest absolute Gasteiger partial charge is 0.370 e. The van der Waals surface area contributed by atoms with Gasteiger partial charge in [0.25, 0.3) is 0 Å². The number of aromatic nitrogens is 1. The molecule has 1 atom stereocenters. The van der Waals surface area contributed by atoms with Gasteiger partial charge in [0.15, 0.2) is 0 Å². The van der Waals surface area contributed by atoms with E-state index >= 15 is 0 Å². The van der Waals surface area contributed by atoms with Crippen molar-refractivity contribution in [3.8, 4) is 0 Å². The molecular formula is C18H15Cl4N3O. The lowest BCUT2D eigenvalue weighted by Gasteiger charge is -2.13. The number of nitrogens with two attached hydrogens (primary N) is 2. The van der Waals surface area contributed by atoms with Crippen molar-refractivity contribution in [3.05, 3.63) is 67.7 Å². The van der Waals surface area contributed by atoms with Gasteiger partial charge in [-0.3, -0.25) is 4.79 Å². The van der Waals surface area contributed by atoms with E-state index in [2.05, 4.69) is 0 Å². The molecule has 8 heteroatoms. The van der Waals surface area contributed by atoms with E-state index in [1.807, 2.05) is 12.3 Å². The molecule has 1 heterocycles. The highest BCUT2D eigenvalue weighted by Crippen LogP contribution is 2.34. The van der Waals surface area contributed by atoms with Crippen LogP contribution in [0.3, 0.4) is 0 Å². The summed E-state index contributed by atoms with van der Waals surface area (Å²) in [5, 5.41) is 2.86. The summed E-state index contributed by atoms with van der Waals surface area (Å²) < 4.78 is 1.78. The number of halogens is 4. The van der Waals surface area contributed by atoms with E-state index in [0.29, 0.717) is 26.5 Å². The summed E-state index contributed by atoms with van der Waals surface area (Å²) in [5.74, 6) is -0.485. The van der Waals surface area contributed by atoms with Gasteiger partial charge >= 0.3 is 0 Å². The van der Waals surface area contributed by atoms with Crippen LogP contribution >= 0.6 is 46.4 Å². The van der Waals surface area contributed by atoms with Crippen LogP contribution in [-0.4, -0.2) is 10.5 Å². The summed E-state index contributed by atoms with van der Waals surface area (Å²) in [5.41, 5.74) is 14.1. The van der Waals surface area contributed by atoms with E-state index in [1.54, 1.807) is 28.8 Å². The SMILES string of the molecule is NC(=O)CC(N)n1cc(Cc2ccc(Cl)cc2Cl)c2cc(Cl)c(Cl)cc21. The van der Waals surface area contributed by atoms with Crippen LogP contribution in [0.25, 0.3) is 10.9 Å². The maximum atomic E-state index is 11.3. The standard InChI is InChI=1S/C18H15Cl4N3O/c19-11-2-1-9(13(20)4-11)3-10-8-25(17(23)7-18(24)26)16-6-15(22)14(21)5-12(10)16/h1-2,4-6,8,17H,3,7,23H2,(H2,24,26). The molecule has 0 saturated heterocycles. The van der Waals surface area contributed by atoms with E-state index in [1.165, 1.54) is 0 Å². The minimum Gasteiger partial charge on any atom is -0.370 e. The maximum absolute atomic E-state index is 11.3.